The van der Waals surface area contributed by atoms with Crippen molar-refractivity contribution in [2.45, 2.75) is 19.3 Å². The molecule has 1 aliphatic rings. The number of nitrogens with two attached hydrogens (primary N) is 1. The lowest BCUT2D eigenvalue weighted by Crippen LogP contribution is -2.38. The van der Waals surface area contributed by atoms with Crippen LogP contribution >= 0.6 is 0 Å². The van der Waals surface area contributed by atoms with Gasteiger partial charge in [0.25, 0.3) is 0 Å². The molecule has 2 nitrogen and oxygen atoms in total. The van der Waals surface area contributed by atoms with Crippen molar-refractivity contribution in [2.24, 2.45) is 17.1 Å². The van der Waals surface area contributed by atoms with E-state index in [1.807, 2.05) is 0 Å². The van der Waals surface area contributed by atoms with Crippen molar-refractivity contribution < 1.29 is 13.9 Å². The number of hydrogen-bond acceptors (Lipinski definition) is 2. The third-order valence-corrected chi connectivity index (χ3v) is 3.72. The SMILES string of the molecule is NCC(CO)(Cc1ccc(F)cc1F)C1CC1. The summed E-state index contributed by atoms with van der Waals surface area (Å²) >= 11 is 0. The maximum Gasteiger partial charge on any atom is 0.129 e. The molecule has 1 aliphatic carbocycles. The second kappa shape index (κ2) is 4.70. The van der Waals surface area contributed by atoms with Crippen LogP contribution < -0.4 is 5.73 Å². The van der Waals surface area contributed by atoms with Gasteiger partial charge in [-0.2, -0.15) is 0 Å². The molecule has 2 rings (SSSR count). The molecule has 1 aromatic rings. The minimum Gasteiger partial charge on any atom is -0.396 e. The van der Waals surface area contributed by atoms with Crippen molar-refractivity contribution in [3.05, 3.63) is 35.4 Å². The average molecular weight is 241 g/mol. The van der Waals surface area contributed by atoms with E-state index in [-0.39, 0.29) is 6.61 Å². The van der Waals surface area contributed by atoms with Gasteiger partial charge in [0, 0.05) is 18.0 Å². The topological polar surface area (TPSA) is 46.2 Å². The van der Waals surface area contributed by atoms with Crippen molar-refractivity contribution in [2.75, 3.05) is 13.2 Å². The summed E-state index contributed by atoms with van der Waals surface area (Å²) < 4.78 is 26.4. The minimum absolute atomic E-state index is 0.0506. The van der Waals surface area contributed by atoms with Gasteiger partial charge in [0.15, 0.2) is 0 Å². The Balaban J connectivity index is 2.22. The minimum atomic E-state index is -0.583. The number of halogens is 2. The predicted octanol–water partition coefficient (Wildman–Crippen LogP) is 1.85. The van der Waals surface area contributed by atoms with E-state index in [4.69, 9.17) is 5.73 Å². The van der Waals surface area contributed by atoms with Crippen LogP contribution in [0.2, 0.25) is 0 Å². The van der Waals surface area contributed by atoms with E-state index in [9.17, 15) is 13.9 Å². The summed E-state index contributed by atoms with van der Waals surface area (Å²) in [6, 6.07) is 3.55. The summed E-state index contributed by atoms with van der Waals surface area (Å²) in [4.78, 5) is 0. The highest BCUT2D eigenvalue weighted by atomic mass is 19.1. The van der Waals surface area contributed by atoms with Crippen molar-refractivity contribution in [3.8, 4) is 0 Å². The van der Waals surface area contributed by atoms with Gasteiger partial charge in [0.05, 0.1) is 6.61 Å². The van der Waals surface area contributed by atoms with E-state index in [0.717, 1.165) is 18.9 Å². The lowest BCUT2D eigenvalue weighted by atomic mass is 9.77. The molecule has 1 fully saturated rings. The van der Waals surface area contributed by atoms with Crippen molar-refractivity contribution in [1.82, 2.24) is 0 Å². The van der Waals surface area contributed by atoms with Gasteiger partial charge in [-0.25, -0.2) is 8.78 Å². The molecule has 1 saturated carbocycles. The first kappa shape index (κ1) is 12.5. The Morgan fingerprint density at radius 3 is 2.53 bits per heavy atom. The molecule has 17 heavy (non-hydrogen) atoms. The fourth-order valence-corrected chi connectivity index (χ4v) is 2.37. The summed E-state index contributed by atoms with van der Waals surface area (Å²) in [5.74, 6) is -0.779. The van der Waals surface area contributed by atoms with E-state index in [1.54, 1.807) is 0 Å². The molecule has 0 radical (unpaired) electrons. The third kappa shape index (κ3) is 2.48. The first-order valence-corrected chi connectivity index (χ1v) is 5.86. The molecule has 4 heteroatoms. The van der Waals surface area contributed by atoms with E-state index in [1.165, 1.54) is 12.1 Å². The van der Waals surface area contributed by atoms with Gasteiger partial charge in [-0.15, -0.1) is 0 Å². The normalized spacial score (nSPS) is 19.1. The highest BCUT2D eigenvalue weighted by Gasteiger charge is 2.44. The molecule has 0 aromatic heterocycles. The monoisotopic (exact) mass is 241 g/mol. The fraction of sp³-hybridized carbons (Fsp3) is 0.538. The van der Waals surface area contributed by atoms with Crippen LogP contribution in [0.4, 0.5) is 8.78 Å². The molecule has 1 unspecified atom stereocenters. The second-order valence-electron chi connectivity index (χ2n) is 4.91. The molecular weight excluding hydrogens is 224 g/mol. The second-order valence-corrected chi connectivity index (χ2v) is 4.91. The highest BCUT2D eigenvalue weighted by molar-refractivity contribution is 5.21. The molecule has 1 aromatic carbocycles. The largest absolute Gasteiger partial charge is 0.396 e. The van der Waals surface area contributed by atoms with Crippen LogP contribution in [-0.2, 0) is 6.42 Å². The molecule has 0 aliphatic heterocycles. The van der Waals surface area contributed by atoms with Crippen molar-refractivity contribution in [1.29, 1.82) is 0 Å². The Kier molecular flexibility index (Phi) is 3.45. The van der Waals surface area contributed by atoms with E-state index in [2.05, 4.69) is 0 Å². The standard InChI is InChI=1S/C13H17F2NO/c14-11-4-1-9(12(15)5-11)6-13(7-16,8-17)10-2-3-10/h1,4-5,10,17H,2-3,6-8,16H2. The molecule has 3 N–H and O–H groups in total. The first-order valence-electron chi connectivity index (χ1n) is 5.86. The predicted molar refractivity (Wildman–Crippen MR) is 61.4 cm³/mol. The van der Waals surface area contributed by atoms with Gasteiger partial charge in [0.2, 0.25) is 0 Å². The maximum atomic E-state index is 13.6. The van der Waals surface area contributed by atoms with Crippen molar-refractivity contribution in [3.63, 3.8) is 0 Å². The Labute approximate surface area is 99.4 Å². The average Bonchev–Trinajstić information content (AvgIpc) is 3.13. The molecule has 0 heterocycles. The summed E-state index contributed by atoms with van der Waals surface area (Å²) in [6.45, 7) is 0.274. The summed E-state index contributed by atoms with van der Waals surface area (Å²) in [5.41, 5.74) is 5.71. The fourth-order valence-electron chi connectivity index (χ4n) is 2.37. The number of benzene rings is 1. The highest BCUT2D eigenvalue weighted by Crippen LogP contribution is 2.47. The smallest absolute Gasteiger partial charge is 0.129 e. The van der Waals surface area contributed by atoms with E-state index in [0.29, 0.717) is 24.4 Å². The van der Waals surface area contributed by atoms with Crippen LogP contribution in [0.3, 0.4) is 0 Å². The summed E-state index contributed by atoms with van der Waals surface area (Å²) in [7, 11) is 0. The number of hydrogen-bond donors (Lipinski definition) is 2. The lowest BCUT2D eigenvalue weighted by Gasteiger charge is -2.30. The van der Waals surface area contributed by atoms with Gasteiger partial charge in [0.1, 0.15) is 11.6 Å². The Hall–Kier alpha value is -1.00. The van der Waals surface area contributed by atoms with Crippen LogP contribution in [-0.4, -0.2) is 18.3 Å². The third-order valence-electron chi connectivity index (χ3n) is 3.72. The molecule has 1 atom stereocenters. The maximum absolute atomic E-state index is 13.6. The Morgan fingerprint density at radius 1 is 1.35 bits per heavy atom. The number of aliphatic hydroxyl groups excluding tert-OH is 1. The number of aliphatic hydroxyl groups is 1. The molecular formula is C13H17F2NO. The summed E-state index contributed by atoms with van der Waals surface area (Å²) in [5, 5.41) is 9.52. The quantitative estimate of drug-likeness (QED) is 0.826. The van der Waals surface area contributed by atoms with E-state index < -0.39 is 17.0 Å². The van der Waals surface area contributed by atoms with Gasteiger partial charge < -0.3 is 10.8 Å². The van der Waals surface area contributed by atoms with Crippen molar-refractivity contribution >= 4 is 0 Å². The molecule has 0 spiro atoms. The zero-order chi connectivity index (χ0) is 12.5. The Morgan fingerprint density at radius 2 is 2.06 bits per heavy atom. The van der Waals surface area contributed by atoms with Crippen LogP contribution in [0, 0.1) is 23.0 Å². The molecule has 94 valence electrons. The zero-order valence-corrected chi connectivity index (χ0v) is 9.63. The van der Waals surface area contributed by atoms with Crippen LogP contribution in [0.15, 0.2) is 18.2 Å². The van der Waals surface area contributed by atoms with E-state index >= 15 is 0 Å². The van der Waals surface area contributed by atoms with Crippen LogP contribution in [0.1, 0.15) is 18.4 Å². The lowest BCUT2D eigenvalue weighted by molar-refractivity contribution is 0.108. The van der Waals surface area contributed by atoms with Crippen LogP contribution in [0.25, 0.3) is 0 Å². The molecule has 0 bridgehead atoms. The van der Waals surface area contributed by atoms with Crippen LogP contribution in [0.5, 0.6) is 0 Å². The summed E-state index contributed by atoms with van der Waals surface area (Å²) in [6.07, 6.45) is 2.43. The number of rotatable bonds is 5. The molecule has 0 amide bonds. The first-order chi connectivity index (χ1) is 8.11. The zero-order valence-electron chi connectivity index (χ0n) is 9.63. The van der Waals surface area contributed by atoms with Gasteiger partial charge in [-0.05, 0) is 36.8 Å². The molecule has 0 saturated heterocycles. The van der Waals surface area contributed by atoms with Gasteiger partial charge >= 0.3 is 0 Å². The Bertz CT molecular complexity index is 400. The van der Waals surface area contributed by atoms with Gasteiger partial charge in [-0.1, -0.05) is 6.07 Å². The van der Waals surface area contributed by atoms with Gasteiger partial charge in [-0.3, -0.25) is 0 Å².